The Morgan fingerprint density at radius 3 is 2.68 bits per heavy atom. The second-order valence-corrected chi connectivity index (χ2v) is 7.33. The molecule has 2 heterocycles. The summed E-state index contributed by atoms with van der Waals surface area (Å²) >= 11 is 5.97. The number of nitrogens with one attached hydrogen (secondary N) is 1. The van der Waals surface area contributed by atoms with Gasteiger partial charge in [-0.15, -0.1) is 0 Å². The minimum Gasteiger partial charge on any atom is -0.383 e. The predicted octanol–water partition coefficient (Wildman–Crippen LogP) is 2.82. The molecule has 1 aromatic carbocycles. The van der Waals surface area contributed by atoms with Gasteiger partial charge in [0.1, 0.15) is 5.82 Å². The van der Waals surface area contributed by atoms with Crippen molar-refractivity contribution in [2.45, 2.75) is 13.0 Å². The fourth-order valence-electron chi connectivity index (χ4n) is 3.28. The van der Waals surface area contributed by atoms with E-state index in [1.807, 2.05) is 24.3 Å². The lowest BCUT2D eigenvalue weighted by molar-refractivity contribution is 0.0937. The number of carbonyl (C=O) groups excluding carboxylic acids is 1. The van der Waals surface area contributed by atoms with Gasteiger partial charge in [-0.2, -0.15) is 0 Å². The third-order valence-electron chi connectivity index (χ3n) is 4.83. The summed E-state index contributed by atoms with van der Waals surface area (Å²) in [6.45, 7) is 5.83. The van der Waals surface area contributed by atoms with Crippen molar-refractivity contribution in [3.8, 4) is 0 Å². The van der Waals surface area contributed by atoms with E-state index in [0.717, 1.165) is 50.0 Å². The number of carbonyl (C=O) groups is 1. The summed E-state index contributed by atoms with van der Waals surface area (Å²) in [7, 11) is 1.61. The van der Waals surface area contributed by atoms with Gasteiger partial charge in [-0.05, 0) is 36.2 Å². The molecule has 0 spiro atoms. The molecular formula is C21H27ClN4O2. The van der Waals surface area contributed by atoms with Crippen molar-refractivity contribution in [1.82, 2.24) is 15.2 Å². The Kier molecular flexibility index (Phi) is 7.65. The van der Waals surface area contributed by atoms with Gasteiger partial charge in [0.25, 0.3) is 5.91 Å². The molecule has 3 rings (SSSR count). The monoisotopic (exact) mass is 402 g/mol. The molecule has 0 bridgehead atoms. The molecule has 6 nitrogen and oxygen atoms in total. The number of rotatable bonds is 7. The number of pyridine rings is 1. The van der Waals surface area contributed by atoms with Gasteiger partial charge in [-0.25, -0.2) is 4.98 Å². The van der Waals surface area contributed by atoms with Crippen LogP contribution in [-0.2, 0) is 11.3 Å². The number of methoxy groups -OCH3 is 1. The van der Waals surface area contributed by atoms with Crippen LogP contribution in [0.15, 0.2) is 42.6 Å². The third-order valence-corrected chi connectivity index (χ3v) is 5.09. The zero-order chi connectivity index (χ0) is 19.8. The van der Waals surface area contributed by atoms with Crippen LogP contribution in [0.2, 0.25) is 5.02 Å². The van der Waals surface area contributed by atoms with Crippen molar-refractivity contribution in [2.24, 2.45) is 0 Å². The van der Waals surface area contributed by atoms with Crippen LogP contribution in [0.25, 0.3) is 0 Å². The molecule has 1 aromatic heterocycles. The van der Waals surface area contributed by atoms with Crippen LogP contribution in [-0.4, -0.2) is 62.2 Å². The average Bonchev–Trinajstić information content (AvgIpc) is 2.95. The molecule has 1 fully saturated rings. The first-order valence-electron chi connectivity index (χ1n) is 9.60. The highest BCUT2D eigenvalue weighted by molar-refractivity contribution is 6.30. The van der Waals surface area contributed by atoms with E-state index in [-0.39, 0.29) is 5.91 Å². The van der Waals surface area contributed by atoms with Crippen molar-refractivity contribution < 1.29 is 9.53 Å². The van der Waals surface area contributed by atoms with Crippen LogP contribution >= 0.6 is 11.6 Å². The third kappa shape index (κ3) is 5.92. The van der Waals surface area contributed by atoms with Crippen molar-refractivity contribution in [1.29, 1.82) is 0 Å². The normalized spacial score (nSPS) is 15.3. The molecule has 28 heavy (non-hydrogen) atoms. The van der Waals surface area contributed by atoms with E-state index in [2.05, 4.69) is 32.2 Å². The van der Waals surface area contributed by atoms with E-state index in [4.69, 9.17) is 16.3 Å². The van der Waals surface area contributed by atoms with Gasteiger partial charge in [-0.1, -0.05) is 23.7 Å². The van der Waals surface area contributed by atoms with Crippen molar-refractivity contribution in [3.05, 3.63) is 58.7 Å². The number of halogens is 1. The van der Waals surface area contributed by atoms with E-state index in [1.54, 1.807) is 13.3 Å². The average molecular weight is 403 g/mol. The van der Waals surface area contributed by atoms with Gasteiger partial charge in [0.15, 0.2) is 0 Å². The summed E-state index contributed by atoms with van der Waals surface area (Å²) in [5, 5.41) is 3.58. The Morgan fingerprint density at radius 1 is 1.14 bits per heavy atom. The zero-order valence-electron chi connectivity index (χ0n) is 16.2. The van der Waals surface area contributed by atoms with Crippen LogP contribution in [0.4, 0.5) is 5.82 Å². The minimum atomic E-state index is -0.124. The van der Waals surface area contributed by atoms with Gasteiger partial charge in [-0.3, -0.25) is 9.69 Å². The highest BCUT2D eigenvalue weighted by Crippen LogP contribution is 2.17. The Balaban J connectivity index is 1.53. The summed E-state index contributed by atoms with van der Waals surface area (Å²) in [6, 6.07) is 11.8. The summed E-state index contributed by atoms with van der Waals surface area (Å²) in [5.41, 5.74) is 1.85. The molecular weight excluding hydrogens is 376 g/mol. The molecule has 0 atom stereocenters. The van der Waals surface area contributed by atoms with E-state index < -0.39 is 0 Å². The standard InChI is InChI=1S/C21H27ClN4O2/c1-28-14-9-23-21(27)18-5-8-20(24-15-18)26-11-2-10-25(12-13-26)16-17-3-6-19(22)7-4-17/h3-8,15H,2,9-14,16H2,1H3,(H,23,27). The summed E-state index contributed by atoms with van der Waals surface area (Å²) in [6.07, 6.45) is 2.72. The Bertz CT molecular complexity index is 752. The lowest BCUT2D eigenvalue weighted by atomic mass is 10.2. The van der Waals surface area contributed by atoms with Gasteiger partial charge < -0.3 is 15.0 Å². The summed E-state index contributed by atoms with van der Waals surface area (Å²) in [5.74, 6) is 0.794. The van der Waals surface area contributed by atoms with Crippen LogP contribution in [0.5, 0.6) is 0 Å². The molecule has 0 radical (unpaired) electrons. The van der Waals surface area contributed by atoms with Crippen LogP contribution in [0.1, 0.15) is 22.3 Å². The van der Waals surface area contributed by atoms with Crippen LogP contribution < -0.4 is 10.2 Å². The maximum Gasteiger partial charge on any atom is 0.252 e. The fraction of sp³-hybridized carbons (Fsp3) is 0.429. The molecule has 1 N–H and O–H groups in total. The van der Waals surface area contributed by atoms with Crippen LogP contribution in [0, 0.1) is 0 Å². The van der Waals surface area contributed by atoms with E-state index in [0.29, 0.717) is 18.7 Å². The first-order valence-corrected chi connectivity index (χ1v) is 9.98. The lowest BCUT2D eigenvalue weighted by Crippen LogP contribution is -2.31. The number of hydrogen-bond acceptors (Lipinski definition) is 5. The van der Waals surface area contributed by atoms with Gasteiger partial charge in [0.2, 0.25) is 0 Å². The molecule has 1 saturated heterocycles. The van der Waals surface area contributed by atoms with E-state index in [9.17, 15) is 4.79 Å². The smallest absolute Gasteiger partial charge is 0.252 e. The highest BCUT2D eigenvalue weighted by atomic mass is 35.5. The molecule has 1 amide bonds. The second kappa shape index (κ2) is 10.4. The maximum atomic E-state index is 12.1. The number of amides is 1. The SMILES string of the molecule is COCCNC(=O)c1ccc(N2CCCN(Cc3ccc(Cl)cc3)CC2)nc1. The second-order valence-electron chi connectivity index (χ2n) is 6.90. The zero-order valence-corrected chi connectivity index (χ0v) is 17.0. The maximum absolute atomic E-state index is 12.1. The quantitative estimate of drug-likeness (QED) is 0.722. The Morgan fingerprint density at radius 2 is 1.96 bits per heavy atom. The number of anilines is 1. The van der Waals surface area contributed by atoms with E-state index in [1.165, 1.54) is 5.56 Å². The highest BCUT2D eigenvalue weighted by Gasteiger charge is 2.17. The molecule has 0 saturated carbocycles. The topological polar surface area (TPSA) is 57.7 Å². The molecule has 150 valence electrons. The molecule has 0 aliphatic carbocycles. The molecule has 2 aromatic rings. The number of nitrogens with zero attached hydrogens (tertiary/aromatic N) is 3. The number of benzene rings is 1. The number of hydrogen-bond donors (Lipinski definition) is 1. The fourth-order valence-corrected chi connectivity index (χ4v) is 3.41. The first kappa shape index (κ1) is 20.6. The largest absolute Gasteiger partial charge is 0.383 e. The summed E-state index contributed by atoms with van der Waals surface area (Å²) in [4.78, 5) is 21.3. The molecule has 7 heteroatoms. The Hall–Kier alpha value is -2.15. The van der Waals surface area contributed by atoms with Crippen LogP contribution in [0.3, 0.4) is 0 Å². The van der Waals surface area contributed by atoms with E-state index >= 15 is 0 Å². The van der Waals surface area contributed by atoms with Crippen molar-refractivity contribution in [2.75, 3.05) is 51.3 Å². The molecule has 1 aliphatic rings. The molecule has 0 unspecified atom stereocenters. The van der Waals surface area contributed by atoms with Gasteiger partial charge >= 0.3 is 0 Å². The number of aromatic nitrogens is 1. The van der Waals surface area contributed by atoms with Crippen molar-refractivity contribution in [3.63, 3.8) is 0 Å². The predicted molar refractivity (Wildman–Crippen MR) is 112 cm³/mol. The summed E-state index contributed by atoms with van der Waals surface area (Å²) < 4.78 is 4.94. The first-order chi connectivity index (χ1) is 13.7. The minimum absolute atomic E-state index is 0.124. The van der Waals surface area contributed by atoms with Gasteiger partial charge in [0.05, 0.1) is 12.2 Å². The van der Waals surface area contributed by atoms with Crippen molar-refractivity contribution >= 4 is 23.3 Å². The number of ether oxygens (including phenoxy) is 1. The lowest BCUT2D eigenvalue weighted by Gasteiger charge is -2.23. The van der Waals surface area contributed by atoms with Gasteiger partial charge in [0, 0.05) is 57.6 Å². The molecule has 1 aliphatic heterocycles. The Labute approximate surface area is 171 Å².